The second-order valence-corrected chi connectivity index (χ2v) is 7.96. The zero-order valence-electron chi connectivity index (χ0n) is 15.4. The van der Waals surface area contributed by atoms with Gasteiger partial charge in [0, 0.05) is 22.2 Å². The Hall–Kier alpha value is -2.46. The monoisotopic (exact) mass is 423 g/mol. The van der Waals surface area contributed by atoms with E-state index in [4.69, 9.17) is 4.98 Å². The molecule has 1 N–H and O–H groups in total. The molecule has 0 fully saturated rings. The van der Waals surface area contributed by atoms with E-state index >= 15 is 0 Å². The Bertz CT molecular complexity index is 935. The topological polar surface area (TPSA) is 50.2 Å². The van der Waals surface area contributed by atoms with Crippen LogP contribution in [0.15, 0.2) is 65.1 Å². The van der Waals surface area contributed by atoms with E-state index in [9.17, 15) is 9.90 Å². The first-order chi connectivity index (χ1) is 12.9. The number of halogens is 1. The number of nitrogens with zero attached hydrogens (tertiary/aromatic N) is 1. The van der Waals surface area contributed by atoms with Crippen LogP contribution < -0.4 is 0 Å². The first-order valence-electron chi connectivity index (χ1n) is 9.00. The van der Waals surface area contributed by atoms with Gasteiger partial charge in [-0.25, -0.2) is 4.79 Å². The minimum Gasteiger partial charge on any atom is -0.478 e. The number of carbonyl (C=O) groups is 1. The van der Waals surface area contributed by atoms with Gasteiger partial charge in [-0.1, -0.05) is 72.2 Å². The van der Waals surface area contributed by atoms with E-state index in [1.54, 1.807) is 6.07 Å². The zero-order valence-corrected chi connectivity index (χ0v) is 17.0. The normalized spacial score (nSPS) is 11.0. The first-order valence-corrected chi connectivity index (χ1v) is 9.79. The van der Waals surface area contributed by atoms with Gasteiger partial charge in [0.05, 0.1) is 11.3 Å². The highest BCUT2D eigenvalue weighted by atomic mass is 79.9. The number of pyridine rings is 1. The predicted molar refractivity (Wildman–Crippen MR) is 112 cm³/mol. The fourth-order valence-electron chi connectivity index (χ4n) is 3.13. The van der Waals surface area contributed by atoms with E-state index in [2.05, 4.69) is 29.8 Å². The summed E-state index contributed by atoms with van der Waals surface area (Å²) in [5, 5.41) is 9.78. The van der Waals surface area contributed by atoms with E-state index in [0.717, 1.165) is 33.3 Å². The Morgan fingerprint density at radius 2 is 1.70 bits per heavy atom. The predicted octanol–water partition coefficient (Wildman–Crippen LogP) is 6.00. The summed E-state index contributed by atoms with van der Waals surface area (Å²) in [6.45, 7) is 4.30. The molecule has 0 atom stereocenters. The van der Waals surface area contributed by atoms with Crippen molar-refractivity contribution in [2.45, 2.75) is 26.7 Å². The van der Waals surface area contributed by atoms with E-state index in [-0.39, 0.29) is 5.56 Å². The second-order valence-electron chi connectivity index (χ2n) is 7.05. The number of carboxylic acids is 1. The van der Waals surface area contributed by atoms with Crippen LogP contribution in [0.3, 0.4) is 0 Å². The van der Waals surface area contributed by atoms with E-state index in [1.165, 1.54) is 0 Å². The van der Waals surface area contributed by atoms with E-state index in [0.29, 0.717) is 18.0 Å². The number of benzene rings is 2. The van der Waals surface area contributed by atoms with Crippen LogP contribution in [0, 0.1) is 5.92 Å². The third-order valence-corrected chi connectivity index (χ3v) is 4.91. The van der Waals surface area contributed by atoms with Gasteiger partial charge in [-0.3, -0.25) is 4.98 Å². The molecule has 0 saturated heterocycles. The fraction of sp³-hybridized carbons (Fsp3) is 0.217. The molecule has 0 amide bonds. The SMILES string of the molecule is CC(C)Cc1nc(Cc2ccccc2)c(C(=O)O)cc1-c1ccc(Br)cc1. The van der Waals surface area contributed by atoms with Crippen LogP contribution in [0.5, 0.6) is 0 Å². The molecule has 1 heterocycles. The number of aromatic carboxylic acids is 1. The average Bonchev–Trinajstić information content (AvgIpc) is 2.63. The Labute approximate surface area is 168 Å². The Morgan fingerprint density at radius 3 is 2.30 bits per heavy atom. The summed E-state index contributed by atoms with van der Waals surface area (Å²) in [7, 11) is 0. The first kappa shape index (κ1) is 19.3. The van der Waals surface area contributed by atoms with Gasteiger partial charge in [0.15, 0.2) is 0 Å². The van der Waals surface area contributed by atoms with Crippen molar-refractivity contribution in [2.24, 2.45) is 5.92 Å². The highest BCUT2D eigenvalue weighted by molar-refractivity contribution is 9.10. The number of hydrogen-bond donors (Lipinski definition) is 1. The lowest BCUT2D eigenvalue weighted by atomic mass is 9.94. The Morgan fingerprint density at radius 1 is 1.04 bits per heavy atom. The quantitative estimate of drug-likeness (QED) is 0.528. The molecule has 0 aliphatic heterocycles. The van der Waals surface area contributed by atoms with Crippen molar-refractivity contribution >= 4 is 21.9 Å². The molecule has 0 saturated carbocycles. The molecule has 0 aliphatic rings. The molecule has 0 aliphatic carbocycles. The zero-order chi connectivity index (χ0) is 19.4. The maximum absolute atomic E-state index is 11.9. The van der Waals surface area contributed by atoms with Gasteiger partial charge in [0.1, 0.15) is 0 Å². The van der Waals surface area contributed by atoms with Gasteiger partial charge < -0.3 is 5.11 Å². The number of hydrogen-bond acceptors (Lipinski definition) is 2. The molecule has 138 valence electrons. The summed E-state index contributed by atoms with van der Waals surface area (Å²) >= 11 is 3.45. The average molecular weight is 424 g/mol. The molecule has 27 heavy (non-hydrogen) atoms. The van der Waals surface area contributed by atoms with Crippen molar-refractivity contribution in [3.05, 3.63) is 87.7 Å². The summed E-state index contributed by atoms with van der Waals surface area (Å²) in [4.78, 5) is 16.8. The van der Waals surface area contributed by atoms with E-state index < -0.39 is 5.97 Å². The molecular formula is C23H22BrNO2. The van der Waals surface area contributed by atoms with Gasteiger partial charge in [0.25, 0.3) is 0 Å². The lowest BCUT2D eigenvalue weighted by molar-refractivity contribution is 0.0695. The van der Waals surface area contributed by atoms with Crippen LogP contribution in [0.4, 0.5) is 0 Å². The molecule has 0 bridgehead atoms. The molecule has 0 unspecified atom stereocenters. The third kappa shape index (κ3) is 4.83. The number of aromatic nitrogens is 1. The van der Waals surface area contributed by atoms with Crippen molar-refractivity contribution in [1.82, 2.24) is 4.98 Å². The van der Waals surface area contributed by atoms with Crippen LogP contribution in [0.2, 0.25) is 0 Å². The highest BCUT2D eigenvalue weighted by Crippen LogP contribution is 2.29. The lowest BCUT2D eigenvalue weighted by Crippen LogP contribution is -2.11. The summed E-state index contributed by atoms with van der Waals surface area (Å²) in [5.74, 6) is -0.519. The van der Waals surface area contributed by atoms with Gasteiger partial charge >= 0.3 is 5.97 Å². The van der Waals surface area contributed by atoms with Crippen LogP contribution >= 0.6 is 15.9 Å². The molecule has 3 nitrogen and oxygen atoms in total. The Balaban J connectivity index is 2.14. The summed E-state index contributed by atoms with van der Waals surface area (Å²) in [6.07, 6.45) is 1.31. The smallest absolute Gasteiger partial charge is 0.337 e. The van der Waals surface area contributed by atoms with Crippen molar-refractivity contribution in [3.8, 4) is 11.1 Å². The van der Waals surface area contributed by atoms with Crippen LogP contribution in [-0.2, 0) is 12.8 Å². The molecular weight excluding hydrogens is 402 g/mol. The summed E-state index contributed by atoms with van der Waals surface area (Å²) < 4.78 is 0.990. The summed E-state index contributed by atoms with van der Waals surface area (Å²) in [6, 6.07) is 19.6. The molecule has 4 heteroatoms. The van der Waals surface area contributed by atoms with Gasteiger partial charge in [-0.15, -0.1) is 0 Å². The lowest BCUT2D eigenvalue weighted by Gasteiger charge is -2.16. The van der Waals surface area contributed by atoms with Crippen LogP contribution in [-0.4, -0.2) is 16.1 Å². The second kappa shape index (κ2) is 8.49. The minimum absolute atomic E-state index is 0.268. The van der Waals surface area contributed by atoms with Gasteiger partial charge in [-0.05, 0) is 41.7 Å². The maximum Gasteiger partial charge on any atom is 0.337 e. The molecule has 3 aromatic rings. The van der Waals surface area contributed by atoms with Crippen molar-refractivity contribution in [2.75, 3.05) is 0 Å². The molecule has 3 rings (SSSR count). The van der Waals surface area contributed by atoms with E-state index in [1.807, 2.05) is 54.6 Å². The molecule has 1 aromatic heterocycles. The minimum atomic E-state index is -0.942. The maximum atomic E-state index is 11.9. The number of carboxylic acid groups (broad SMARTS) is 1. The largest absolute Gasteiger partial charge is 0.478 e. The highest BCUT2D eigenvalue weighted by Gasteiger charge is 2.18. The molecule has 0 radical (unpaired) electrons. The molecule has 2 aromatic carbocycles. The van der Waals surface area contributed by atoms with Crippen molar-refractivity contribution in [3.63, 3.8) is 0 Å². The van der Waals surface area contributed by atoms with Gasteiger partial charge in [0.2, 0.25) is 0 Å². The third-order valence-electron chi connectivity index (χ3n) is 4.38. The Kier molecular flexibility index (Phi) is 6.07. The van der Waals surface area contributed by atoms with Crippen molar-refractivity contribution < 1.29 is 9.90 Å². The molecule has 0 spiro atoms. The van der Waals surface area contributed by atoms with Crippen LogP contribution in [0.1, 0.15) is 41.2 Å². The van der Waals surface area contributed by atoms with Crippen LogP contribution in [0.25, 0.3) is 11.1 Å². The fourth-order valence-corrected chi connectivity index (χ4v) is 3.39. The van der Waals surface area contributed by atoms with Crippen molar-refractivity contribution in [1.29, 1.82) is 0 Å². The standard InChI is InChI=1S/C23H22BrNO2/c1-15(2)12-21-19(17-8-10-18(24)11-9-17)14-20(23(26)27)22(25-21)13-16-6-4-3-5-7-16/h3-11,14-15H,12-13H2,1-2H3,(H,26,27). The number of rotatable bonds is 6. The summed E-state index contributed by atoms with van der Waals surface area (Å²) in [5.41, 5.74) is 4.76. The van der Waals surface area contributed by atoms with Gasteiger partial charge in [-0.2, -0.15) is 0 Å².